The quantitative estimate of drug-likeness (QED) is 0.623. The predicted molar refractivity (Wildman–Crippen MR) is 60.9 cm³/mol. The van der Waals surface area contributed by atoms with Gasteiger partial charge in [0.1, 0.15) is 5.69 Å². The number of likely N-dealkylation sites (N-methyl/N-ethyl adjacent to an activating group) is 1. The largest absolute Gasteiger partial charge is 0.391 e. The van der Waals surface area contributed by atoms with Crippen LogP contribution in [0, 0.1) is 0 Å². The van der Waals surface area contributed by atoms with Crippen molar-refractivity contribution in [3.05, 3.63) is 16.7 Å². The number of nitrogens with zero attached hydrogens (tertiary/aromatic N) is 2. The van der Waals surface area contributed by atoms with Crippen LogP contribution in [0.2, 0.25) is 0 Å². The van der Waals surface area contributed by atoms with Gasteiger partial charge < -0.3 is 20.9 Å². The van der Waals surface area contributed by atoms with Crippen LogP contribution in [0.15, 0.2) is 11.1 Å². The molecular formula is C9H17N5O. The summed E-state index contributed by atoms with van der Waals surface area (Å²) in [5.74, 6) is 0.447. The number of nitrogens with two attached hydrogens (primary N) is 1. The zero-order chi connectivity index (χ0) is 11.3. The molecule has 0 saturated carbocycles. The molecule has 0 saturated heterocycles. The number of hydrogen-bond donors (Lipinski definition) is 3. The predicted octanol–water partition coefficient (Wildman–Crippen LogP) is -0.284. The molecule has 0 fully saturated rings. The lowest BCUT2D eigenvalue weighted by Gasteiger charge is -2.14. The molecule has 0 unspecified atom stereocenters. The van der Waals surface area contributed by atoms with Gasteiger partial charge in [-0.3, -0.25) is 4.79 Å². The summed E-state index contributed by atoms with van der Waals surface area (Å²) in [7, 11) is 2.02. The molecule has 0 radical (unpaired) electrons. The van der Waals surface area contributed by atoms with Gasteiger partial charge in [-0.25, -0.2) is 4.98 Å². The van der Waals surface area contributed by atoms with Gasteiger partial charge in [0.05, 0.1) is 6.33 Å². The second-order valence-electron chi connectivity index (χ2n) is 3.32. The summed E-state index contributed by atoms with van der Waals surface area (Å²) < 4.78 is 0. The molecular weight excluding hydrogens is 194 g/mol. The van der Waals surface area contributed by atoms with E-state index >= 15 is 0 Å². The summed E-state index contributed by atoms with van der Waals surface area (Å²) in [5, 5.41) is 3.02. The Hall–Kier alpha value is -1.56. The molecule has 0 amide bonds. The fourth-order valence-electron chi connectivity index (χ4n) is 1.07. The Labute approximate surface area is 88.5 Å². The van der Waals surface area contributed by atoms with Crippen molar-refractivity contribution in [1.29, 1.82) is 0 Å². The van der Waals surface area contributed by atoms with Gasteiger partial charge in [-0.05, 0) is 13.6 Å². The number of nitrogens with one attached hydrogen (secondary N) is 2. The van der Waals surface area contributed by atoms with Crippen molar-refractivity contribution in [3.63, 3.8) is 0 Å². The number of aromatic amines is 1. The first-order chi connectivity index (χ1) is 7.15. The summed E-state index contributed by atoms with van der Waals surface area (Å²) in [6.07, 6.45) is 1.34. The summed E-state index contributed by atoms with van der Waals surface area (Å²) in [6, 6.07) is 0. The van der Waals surface area contributed by atoms with Gasteiger partial charge >= 0.3 is 0 Å². The zero-order valence-electron chi connectivity index (χ0n) is 9.08. The molecule has 1 aromatic heterocycles. The topological polar surface area (TPSA) is 87.0 Å². The fraction of sp³-hybridized carbons (Fsp3) is 0.556. The number of nitrogen functional groups attached to an aromatic ring is 1. The molecule has 0 bridgehead atoms. The van der Waals surface area contributed by atoms with Crippen LogP contribution in [-0.4, -0.2) is 41.5 Å². The Balaban J connectivity index is 2.51. The Kier molecular flexibility index (Phi) is 4.11. The molecule has 6 heteroatoms. The van der Waals surface area contributed by atoms with Crippen molar-refractivity contribution < 1.29 is 0 Å². The molecule has 1 aromatic rings. The minimum Gasteiger partial charge on any atom is -0.391 e. The van der Waals surface area contributed by atoms with Crippen LogP contribution >= 0.6 is 0 Å². The van der Waals surface area contributed by atoms with Gasteiger partial charge in [0.25, 0.3) is 5.56 Å². The molecule has 15 heavy (non-hydrogen) atoms. The van der Waals surface area contributed by atoms with E-state index < -0.39 is 0 Å². The Morgan fingerprint density at radius 3 is 3.07 bits per heavy atom. The van der Waals surface area contributed by atoms with Gasteiger partial charge in [-0.1, -0.05) is 6.92 Å². The third kappa shape index (κ3) is 3.25. The van der Waals surface area contributed by atoms with Gasteiger partial charge in [0.2, 0.25) is 0 Å². The van der Waals surface area contributed by atoms with E-state index in [9.17, 15) is 4.79 Å². The fourth-order valence-corrected chi connectivity index (χ4v) is 1.07. The van der Waals surface area contributed by atoms with E-state index in [0.717, 1.165) is 13.1 Å². The average Bonchev–Trinajstić information content (AvgIpc) is 2.24. The molecule has 1 heterocycles. The van der Waals surface area contributed by atoms with Crippen LogP contribution in [0.4, 0.5) is 11.5 Å². The molecule has 6 nitrogen and oxygen atoms in total. The summed E-state index contributed by atoms with van der Waals surface area (Å²) in [4.78, 5) is 19.6. The van der Waals surface area contributed by atoms with Crippen molar-refractivity contribution in [2.75, 3.05) is 37.7 Å². The van der Waals surface area contributed by atoms with Gasteiger partial charge in [-0.2, -0.15) is 0 Å². The molecule has 84 valence electrons. The monoisotopic (exact) mass is 211 g/mol. The first kappa shape index (κ1) is 11.5. The maximum Gasteiger partial charge on any atom is 0.276 e. The van der Waals surface area contributed by atoms with E-state index in [-0.39, 0.29) is 11.2 Å². The molecule has 0 aliphatic rings. The molecule has 0 aliphatic heterocycles. The van der Waals surface area contributed by atoms with E-state index in [1.54, 1.807) is 0 Å². The Morgan fingerprint density at radius 2 is 2.40 bits per heavy atom. The third-order valence-corrected chi connectivity index (χ3v) is 2.21. The zero-order valence-corrected chi connectivity index (χ0v) is 9.08. The van der Waals surface area contributed by atoms with Crippen LogP contribution in [0.25, 0.3) is 0 Å². The highest BCUT2D eigenvalue weighted by molar-refractivity contribution is 5.58. The smallest absolute Gasteiger partial charge is 0.276 e. The standard InChI is InChI=1S/C9H17N5O/c1-3-14(2)5-4-11-8-7(10)9(15)13-6-12-8/h6H,3-5,10H2,1-2H3,(H2,11,12,13,15). The van der Waals surface area contributed by atoms with Gasteiger partial charge in [-0.15, -0.1) is 0 Å². The van der Waals surface area contributed by atoms with Gasteiger partial charge in [0, 0.05) is 13.1 Å². The molecule has 4 N–H and O–H groups in total. The lowest BCUT2D eigenvalue weighted by Crippen LogP contribution is -2.26. The van der Waals surface area contributed by atoms with E-state index in [4.69, 9.17) is 5.73 Å². The maximum atomic E-state index is 11.1. The van der Waals surface area contributed by atoms with Gasteiger partial charge in [0.15, 0.2) is 5.82 Å². The van der Waals surface area contributed by atoms with Crippen molar-refractivity contribution in [2.24, 2.45) is 0 Å². The lowest BCUT2D eigenvalue weighted by molar-refractivity contribution is 0.367. The first-order valence-corrected chi connectivity index (χ1v) is 4.90. The number of anilines is 2. The van der Waals surface area contributed by atoms with E-state index in [0.29, 0.717) is 12.4 Å². The lowest BCUT2D eigenvalue weighted by atomic mass is 10.4. The van der Waals surface area contributed by atoms with E-state index in [2.05, 4.69) is 27.1 Å². The van der Waals surface area contributed by atoms with Crippen LogP contribution in [0.3, 0.4) is 0 Å². The van der Waals surface area contributed by atoms with Crippen molar-refractivity contribution in [3.8, 4) is 0 Å². The van der Waals surface area contributed by atoms with E-state index in [1.807, 2.05) is 7.05 Å². The molecule has 0 spiro atoms. The number of aromatic nitrogens is 2. The summed E-state index contributed by atoms with van der Waals surface area (Å²) in [6.45, 7) is 4.66. The highest BCUT2D eigenvalue weighted by Gasteiger charge is 2.03. The second kappa shape index (κ2) is 5.35. The Morgan fingerprint density at radius 1 is 1.67 bits per heavy atom. The van der Waals surface area contributed by atoms with Crippen LogP contribution in [-0.2, 0) is 0 Å². The van der Waals surface area contributed by atoms with Crippen LogP contribution in [0.5, 0.6) is 0 Å². The van der Waals surface area contributed by atoms with Crippen molar-refractivity contribution in [2.45, 2.75) is 6.92 Å². The summed E-state index contributed by atoms with van der Waals surface area (Å²) in [5.41, 5.74) is 5.38. The first-order valence-electron chi connectivity index (χ1n) is 4.90. The minimum absolute atomic E-state index is 0.136. The Bertz CT molecular complexity index is 362. The maximum absolute atomic E-state index is 11.1. The molecule has 1 rings (SSSR count). The SMILES string of the molecule is CCN(C)CCNc1nc[nH]c(=O)c1N. The average molecular weight is 211 g/mol. The molecule has 0 aromatic carbocycles. The third-order valence-electron chi connectivity index (χ3n) is 2.21. The summed E-state index contributed by atoms with van der Waals surface area (Å²) >= 11 is 0. The number of hydrogen-bond acceptors (Lipinski definition) is 5. The normalized spacial score (nSPS) is 10.6. The van der Waals surface area contributed by atoms with E-state index in [1.165, 1.54) is 6.33 Å². The highest BCUT2D eigenvalue weighted by atomic mass is 16.1. The van der Waals surface area contributed by atoms with Crippen LogP contribution in [0.1, 0.15) is 6.92 Å². The second-order valence-corrected chi connectivity index (χ2v) is 3.32. The molecule has 0 atom stereocenters. The number of rotatable bonds is 5. The highest BCUT2D eigenvalue weighted by Crippen LogP contribution is 2.05. The number of H-pyrrole nitrogens is 1. The molecule has 0 aliphatic carbocycles. The van der Waals surface area contributed by atoms with Crippen molar-refractivity contribution in [1.82, 2.24) is 14.9 Å². The van der Waals surface area contributed by atoms with Crippen molar-refractivity contribution >= 4 is 11.5 Å². The van der Waals surface area contributed by atoms with Crippen LogP contribution < -0.4 is 16.6 Å². The minimum atomic E-state index is -0.309.